The van der Waals surface area contributed by atoms with E-state index in [1.165, 1.54) is 19.3 Å². The molecule has 1 atom stereocenters. The van der Waals surface area contributed by atoms with Gasteiger partial charge in [0.15, 0.2) is 0 Å². The molecule has 0 fully saturated rings. The van der Waals surface area contributed by atoms with Crippen LogP contribution in [0.1, 0.15) is 51.9 Å². The molecule has 104 valence electrons. The first-order valence-corrected chi connectivity index (χ1v) is 7.24. The average molecular weight is 254 g/mol. The summed E-state index contributed by atoms with van der Waals surface area (Å²) in [5.41, 5.74) is 0. The highest BCUT2D eigenvalue weighted by Crippen LogP contribution is 2.19. The maximum atomic E-state index is 11.7. The van der Waals surface area contributed by atoms with Crippen LogP contribution in [0.5, 0.6) is 0 Å². The summed E-state index contributed by atoms with van der Waals surface area (Å²) in [4.78, 5) is 11.7. The predicted molar refractivity (Wildman–Crippen MR) is 72.4 cm³/mol. The summed E-state index contributed by atoms with van der Waals surface area (Å²) in [5, 5.41) is 0. The van der Waals surface area contributed by atoms with Crippen LogP contribution < -0.4 is 0 Å². The smallest absolute Gasteiger partial charge is 0.309 e. The number of unbranched alkanes of at least 4 members (excludes halogenated alkanes) is 3. The van der Waals surface area contributed by atoms with Gasteiger partial charge in [-0.2, -0.15) is 0 Å². The fourth-order valence-corrected chi connectivity index (χ4v) is 2.06. The molecule has 0 radical (unpaired) electrons. The second kappa shape index (κ2) is 10.1. The van der Waals surface area contributed by atoms with Crippen molar-refractivity contribution in [2.45, 2.75) is 51.9 Å². The number of carbonyl (C=O) groups excluding carboxylic acids is 1. The van der Waals surface area contributed by atoms with Gasteiger partial charge in [0.25, 0.3) is 0 Å². The highest BCUT2D eigenvalue weighted by atomic mass is 16.6. The number of hydrogen-bond donors (Lipinski definition) is 0. The monoisotopic (exact) mass is 254 g/mol. The van der Waals surface area contributed by atoms with Crippen molar-refractivity contribution in [2.24, 2.45) is 5.92 Å². The van der Waals surface area contributed by atoms with Crippen LogP contribution in [0.2, 0.25) is 0 Å². The molecule has 1 aliphatic rings. The summed E-state index contributed by atoms with van der Waals surface area (Å²) in [7, 11) is 0. The van der Waals surface area contributed by atoms with Crippen molar-refractivity contribution in [2.75, 3.05) is 19.8 Å². The molecule has 0 amide bonds. The van der Waals surface area contributed by atoms with E-state index >= 15 is 0 Å². The van der Waals surface area contributed by atoms with Crippen molar-refractivity contribution in [1.29, 1.82) is 0 Å². The summed E-state index contributed by atoms with van der Waals surface area (Å²) < 4.78 is 10.6. The van der Waals surface area contributed by atoms with Crippen LogP contribution >= 0.6 is 0 Å². The first kappa shape index (κ1) is 15.2. The summed E-state index contributed by atoms with van der Waals surface area (Å²) >= 11 is 0. The van der Waals surface area contributed by atoms with Gasteiger partial charge in [0.1, 0.15) is 6.61 Å². The molecule has 0 bridgehead atoms. The Morgan fingerprint density at radius 2 is 2.06 bits per heavy atom. The summed E-state index contributed by atoms with van der Waals surface area (Å²) in [6, 6.07) is 0. The van der Waals surface area contributed by atoms with E-state index < -0.39 is 0 Å². The van der Waals surface area contributed by atoms with Gasteiger partial charge in [0, 0.05) is 6.61 Å². The molecule has 1 rings (SSSR count). The third-order valence-electron chi connectivity index (χ3n) is 3.22. The van der Waals surface area contributed by atoms with Gasteiger partial charge in [-0.05, 0) is 25.7 Å². The minimum atomic E-state index is -0.0612. The Kier molecular flexibility index (Phi) is 8.57. The van der Waals surface area contributed by atoms with E-state index in [0.717, 1.165) is 32.3 Å². The zero-order valence-corrected chi connectivity index (χ0v) is 11.5. The van der Waals surface area contributed by atoms with Crippen LogP contribution in [-0.2, 0) is 14.3 Å². The molecule has 3 nitrogen and oxygen atoms in total. The summed E-state index contributed by atoms with van der Waals surface area (Å²) in [6.07, 6.45) is 11.8. The number of rotatable bonds is 9. The molecule has 0 saturated carbocycles. The topological polar surface area (TPSA) is 35.5 Å². The van der Waals surface area contributed by atoms with E-state index in [-0.39, 0.29) is 11.9 Å². The number of esters is 1. The van der Waals surface area contributed by atoms with E-state index in [1.54, 1.807) is 0 Å². The normalized spacial score (nSPS) is 18.8. The van der Waals surface area contributed by atoms with Crippen molar-refractivity contribution in [3.63, 3.8) is 0 Å². The van der Waals surface area contributed by atoms with Crippen molar-refractivity contribution >= 4 is 5.97 Å². The Morgan fingerprint density at radius 1 is 1.17 bits per heavy atom. The molecule has 0 aromatic heterocycles. The van der Waals surface area contributed by atoms with Gasteiger partial charge in [-0.15, -0.1) is 0 Å². The molecule has 18 heavy (non-hydrogen) atoms. The number of ether oxygens (including phenoxy) is 2. The molecule has 0 N–H and O–H groups in total. The standard InChI is InChI=1S/C15H26O3/c1-2-3-4-8-11-17-12-13-18-15(16)14-9-6-5-7-10-14/h5-6,14H,2-4,7-13H2,1H3. The lowest BCUT2D eigenvalue weighted by Crippen LogP contribution is -2.20. The van der Waals surface area contributed by atoms with Crippen molar-refractivity contribution in [3.8, 4) is 0 Å². The Bertz CT molecular complexity index is 248. The number of allylic oxidation sites excluding steroid dienone is 2. The molecular weight excluding hydrogens is 228 g/mol. The van der Waals surface area contributed by atoms with Gasteiger partial charge in [0.05, 0.1) is 12.5 Å². The third kappa shape index (κ3) is 6.80. The van der Waals surface area contributed by atoms with Gasteiger partial charge in [-0.1, -0.05) is 38.3 Å². The van der Waals surface area contributed by atoms with Gasteiger partial charge < -0.3 is 9.47 Å². The molecule has 0 heterocycles. The van der Waals surface area contributed by atoms with Crippen LogP contribution in [0.3, 0.4) is 0 Å². The number of carbonyl (C=O) groups is 1. The van der Waals surface area contributed by atoms with E-state index in [0.29, 0.717) is 13.2 Å². The van der Waals surface area contributed by atoms with Crippen molar-refractivity contribution in [3.05, 3.63) is 12.2 Å². The second-order valence-electron chi connectivity index (χ2n) is 4.82. The molecule has 0 saturated heterocycles. The quantitative estimate of drug-likeness (QED) is 0.359. The Labute approximate surface area is 111 Å². The molecular formula is C15H26O3. The van der Waals surface area contributed by atoms with E-state index in [2.05, 4.69) is 19.1 Å². The van der Waals surface area contributed by atoms with Crippen molar-refractivity contribution in [1.82, 2.24) is 0 Å². The van der Waals surface area contributed by atoms with E-state index in [1.807, 2.05) is 0 Å². The lowest BCUT2D eigenvalue weighted by atomic mass is 9.95. The minimum absolute atomic E-state index is 0.0612. The fraction of sp³-hybridized carbons (Fsp3) is 0.800. The fourth-order valence-electron chi connectivity index (χ4n) is 2.06. The second-order valence-corrected chi connectivity index (χ2v) is 4.82. The zero-order chi connectivity index (χ0) is 13.1. The number of hydrogen-bond acceptors (Lipinski definition) is 3. The minimum Gasteiger partial charge on any atom is -0.463 e. The summed E-state index contributed by atoms with van der Waals surface area (Å²) in [6.45, 7) is 3.90. The highest BCUT2D eigenvalue weighted by Gasteiger charge is 2.19. The predicted octanol–water partition coefficient (Wildman–Crippen LogP) is 3.48. The molecule has 1 unspecified atom stereocenters. The van der Waals surface area contributed by atoms with Crippen LogP contribution in [-0.4, -0.2) is 25.8 Å². The lowest BCUT2D eigenvalue weighted by molar-refractivity contribution is -0.150. The van der Waals surface area contributed by atoms with Crippen LogP contribution in [0.4, 0.5) is 0 Å². The van der Waals surface area contributed by atoms with Gasteiger partial charge in [-0.3, -0.25) is 4.79 Å². The van der Waals surface area contributed by atoms with E-state index in [4.69, 9.17) is 9.47 Å². The van der Waals surface area contributed by atoms with Crippen molar-refractivity contribution < 1.29 is 14.3 Å². The Morgan fingerprint density at radius 3 is 2.78 bits per heavy atom. The first-order valence-electron chi connectivity index (χ1n) is 7.24. The van der Waals surface area contributed by atoms with Gasteiger partial charge in [0.2, 0.25) is 0 Å². The first-order chi connectivity index (χ1) is 8.84. The maximum absolute atomic E-state index is 11.7. The maximum Gasteiger partial charge on any atom is 0.309 e. The lowest BCUT2D eigenvalue weighted by Gasteiger charge is -2.16. The summed E-state index contributed by atoms with van der Waals surface area (Å²) in [5.74, 6) is 0.00786. The molecule has 0 spiro atoms. The molecule has 0 aliphatic heterocycles. The van der Waals surface area contributed by atoms with Crippen LogP contribution in [0, 0.1) is 5.92 Å². The highest BCUT2D eigenvalue weighted by molar-refractivity contribution is 5.72. The molecule has 0 aromatic rings. The third-order valence-corrected chi connectivity index (χ3v) is 3.22. The SMILES string of the molecule is CCCCCCOCCOC(=O)C1CC=CCC1. The Balaban J connectivity index is 1.91. The molecule has 1 aliphatic carbocycles. The van der Waals surface area contributed by atoms with Crippen LogP contribution in [0.25, 0.3) is 0 Å². The zero-order valence-electron chi connectivity index (χ0n) is 11.5. The van der Waals surface area contributed by atoms with E-state index in [9.17, 15) is 4.79 Å². The largest absolute Gasteiger partial charge is 0.463 e. The van der Waals surface area contributed by atoms with Gasteiger partial charge in [-0.25, -0.2) is 0 Å². The molecule has 3 heteroatoms. The van der Waals surface area contributed by atoms with Crippen LogP contribution in [0.15, 0.2) is 12.2 Å². The van der Waals surface area contributed by atoms with Gasteiger partial charge >= 0.3 is 5.97 Å². The molecule has 0 aromatic carbocycles. The Hall–Kier alpha value is -0.830. The average Bonchev–Trinajstić information content (AvgIpc) is 2.42.